The zero-order valence-corrected chi connectivity index (χ0v) is 25.5. The first-order valence-corrected chi connectivity index (χ1v) is 14.6. The second-order valence-electron chi connectivity index (χ2n) is 11.4. The van der Waals surface area contributed by atoms with Crippen molar-refractivity contribution >= 4 is 17.6 Å². The molecule has 14 heteroatoms. The van der Waals surface area contributed by atoms with Crippen LogP contribution in [0, 0.1) is 11.6 Å². The number of alkyl halides is 3. The summed E-state index contributed by atoms with van der Waals surface area (Å²) in [6.45, 7) is 3.30. The minimum Gasteiger partial charge on any atom is -0.497 e. The number of rotatable bonds is 8. The van der Waals surface area contributed by atoms with Crippen molar-refractivity contribution in [3.05, 3.63) is 77.0 Å². The fourth-order valence-corrected chi connectivity index (χ4v) is 6.12. The Kier molecular flexibility index (Phi) is 9.38. The predicted octanol–water partition coefficient (Wildman–Crippen LogP) is 5.40. The van der Waals surface area contributed by atoms with Crippen molar-refractivity contribution < 1.29 is 45.8 Å². The minimum absolute atomic E-state index is 0.0773. The molecule has 3 atom stereocenters. The third-order valence-electron chi connectivity index (χ3n) is 8.47. The van der Waals surface area contributed by atoms with E-state index in [2.05, 4.69) is 15.0 Å². The number of hydrogen-bond acceptors (Lipinski definition) is 7. The Bertz CT molecular complexity index is 1570. The minimum atomic E-state index is -4.93. The van der Waals surface area contributed by atoms with Crippen LogP contribution in [0.3, 0.4) is 0 Å². The van der Waals surface area contributed by atoms with Gasteiger partial charge in [-0.2, -0.15) is 0 Å². The highest BCUT2D eigenvalue weighted by Crippen LogP contribution is 2.42. The number of carbonyl (C=O) groups is 2. The van der Waals surface area contributed by atoms with Gasteiger partial charge in [0.1, 0.15) is 40.7 Å². The Balaban J connectivity index is 1.53. The van der Waals surface area contributed by atoms with E-state index in [4.69, 9.17) is 14.5 Å². The average molecular weight is 649 g/mol. The molecule has 0 spiro atoms. The number of benzene rings is 2. The van der Waals surface area contributed by atoms with E-state index >= 15 is 8.78 Å². The van der Waals surface area contributed by atoms with Crippen molar-refractivity contribution in [3.63, 3.8) is 0 Å². The number of methoxy groups -OCH3 is 2. The summed E-state index contributed by atoms with van der Waals surface area (Å²) in [6, 6.07) is 6.98. The molecule has 246 valence electrons. The number of ether oxygens (including phenoxy) is 3. The summed E-state index contributed by atoms with van der Waals surface area (Å²) in [7, 11) is 4.76. The molecule has 2 aromatic carbocycles. The van der Waals surface area contributed by atoms with E-state index in [1.807, 2.05) is 7.05 Å². The number of piperidine rings is 1. The Hall–Kier alpha value is -4.46. The second kappa shape index (κ2) is 13.1. The van der Waals surface area contributed by atoms with Gasteiger partial charge >= 0.3 is 6.36 Å². The first kappa shape index (κ1) is 32.9. The van der Waals surface area contributed by atoms with Gasteiger partial charge in [0.2, 0.25) is 0 Å². The maximum atomic E-state index is 15.5. The summed E-state index contributed by atoms with van der Waals surface area (Å²) in [6.07, 6.45) is -3.27. The third-order valence-corrected chi connectivity index (χ3v) is 8.47. The van der Waals surface area contributed by atoms with Crippen LogP contribution in [-0.4, -0.2) is 74.5 Å². The van der Waals surface area contributed by atoms with Crippen LogP contribution in [-0.2, 0) is 4.79 Å². The average Bonchev–Trinajstić information content (AvgIpc) is 3.24. The van der Waals surface area contributed by atoms with E-state index in [0.717, 1.165) is 62.3 Å². The lowest BCUT2D eigenvalue weighted by Crippen LogP contribution is -2.44. The summed E-state index contributed by atoms with van der Waals surface area (Å²) in [5.41, 5.74) is 0.156. The maximum Gasteiger partial charge on any atom is 0.573 e. The zero-order chi connectivity index (χ0) is 33.3. The van der Waals surface area contributed by atoms with Gasteiger partial charge in [0.15, 0.2) is 0 Å². The summed E-state index contributed by atoms with van der Waals surface area (Å²) in [5.74, 6) is -4.66. The van der Waals surface area contributed by atoms with Crippen LogP contribution < -0.4 is 24.4 Å². The summed E-state index contributed by atoms with van der Waals surface area (Å²) < 4.78 is 83.3. The number of pyridine rings is 1. The molecule has 2 saturated heterocycles. The standard InChI is InChI=1S/C32H33F5N4O5/c1-17-27(28-23(33)13-21(44-3)14-24(28)34)29(39-30(42)19-5-7-20(8-6-19)46-32(35,36)37)31(43)41(17)26-16-22(45-4)15-25(38-26)18-9-11-40(2)12-10-18/h5-8,13-18,27,29H,9-12H2,1-4H3,(H,39,42)/t17-,27-,29-/m0/s1. The largest absolute Gasteiger partial charge is 0.573 e. The number of likely N-dealkylation sites (tertiary alicyclic amines) is 1. The van der Waals surface area contributed by atoms with Crippen LogP contribution in [0.15, 0.2) is 48.5 Å². The van der Waals surface area contributed by atoms with Gasteiger partial charge in [0.25, 0.3) is 11.8 Å². The Morgan fingerprint density at radius 3 is 2.09 bits per heavy atom. The fourth-order valence-electron chi connectivity index (χ4n) is 6.12. The number of amides is 2. The number of halogens is 5. The van der Waals surface area contributed by atoms with Crippen molar-refractivity contribution in [2.45, 2.75) is 50.0 Å². The summed E-state index contributed by atoms with van der Waals surface area (Å²) in [4.78, 5) is 35.8. The zero-order valence-electron chi connectivity index (χ0n) is 25.5. The molecule has 1 N–H and O–H groups in total. The highest BCUT2D eigenvalue weighted by atomic mass is 19.4. The molecule has 0 aliphatic carbocycles. The molecule has 0 radical (unpaired) electrons. The molecule has 46 heavy (non-hydrogen) atoms. The number of carbonyl (C=O) groups excluding carboxylic acids is 2. The molecule has 1 aromatic heterocycles. The van der Waals surface area contributed by atoms with Crippen LogP contribution in [0.1, 0.15) is 53.2 Å². The number of nitrogens with one attached hydrogen (secondary N) is 1. The normalized spacial score (nSPS) is 20.9. The van der Waals surface area contributed by atoms with Crippen molar-refractivity contribution in [1.82, 2.24) is 15.2 Å². The molecule has 3 heterocycles. The van der Waals surface area contributed by atoms with Gasteiger partial charge in [-0.05, 0) is 64.2 Å². The number of hydrogen-bond donors (Lipinski definition) is 1. The molecule has 0 saturated carbocycles. The van der Waals surface area contributed by atoms with Gasteiger partial charge in [-0.25, -0.2) is 13.8 Å². The first-order chi connectivity index (χ1) is 21.8. The topological polar surface area (TPSA) is 93.2 Å². The Morgan fingerprint density at radius 2 is 1.52 bits per heavy atom. The highest BCUT2D eigenvalue weighted by molar-refractivity contribution is 6.05. The van der Waals surface area contributed by atoms with E-state index in [1.165, 1.54) is 19.1 Å². The molecule has 2 aliphatic heterocycles. The van der Waals surface area contributed by atoms with Gasteiger partial charge in [0.05, 0.1) is 14.2 Å². The van der Waals surface area contributed by atoms with Crippen molar-refractivity contribution in [2.24, 2.45) is 0 Å². The molecule has 0 unspecified atom stereocenters. The predicted molar refractivity (Wildman–Crippen MR) is 157 cm³/mol. The third kappa shape index (κ3) is 6.86. The smallest absolute Gasteiger partial charge is 0.497 e. The molecule has 0 bridgehead atoms. The number of nitrogens with zero attached hydrogens (tertiary/aromatic N) is 3. The van der Waals surface area contributed by atoms with Gasteiger partial charge in [0, 0.05) is 59.0 Å². The fraction of sp³-hybridized carbons (Fsp3) is 0.406. The van der Waals surface area contributed by atoms with Crippen molar-refractivity contribution in [2.75, 3.05) is 39.3 Å². The van der Waals surface area contributed by atoms with Crippen molar-refractivity contribution in [3.8, 4) is 17.2 Å². The molecule has 9 nitrogen and oxygen atoms in total. The molecule has 3 aromatic rings. The molecule has 2 amide bonds. The summed E-state index contributed by atoms with van der Waals surface area (Å²) >= 11 is 0. The molecular formula is C32H33F5N4O5. The number of aromatic nitrogens is 1. The highest BCUT2D eigenvalue weighted by Gasteiger charge is 2.50. The van der Waals surface area contributed by atoms with Crippen LogP contribution in [0.4, 0.5) is 27.8 Å². The van der Waals surface area contributed by atoms with E-state index in [0.29, 0.717) is 11.4 Å². The second-order valence-corrected chi connectivity index (χ2v) is 11.4. The van der Waals surface area contributed by atoms with Gasteiger partial charge in [-0.1, -0.05) is 0 Å². The Labute approximate surface area is 262 Å². The number of anilines is 1. The van der Waals surface area contributed by atoms with Crippen LogP contribution >= 0.6 is 0 Å². The maximum absolute atomic E-state index is 15.5. The van der Waals surface area contributed by atoms with Crippen LogP contribution in [0.2, 0.25) is 0 Å². The monoisotopic (exact) mass is 648 g/mol. The molecule has 5 rings (SSSR count). The van der Waals surface area contributed by atoms with E-state index < -0.39 is 59.1 Å². The lowest BCUT2D eigenvalue weighted by atomic mass is 9.87. The quantitative estimate of drug-likeness (QED) is 0.327. The van der Waals surface area contributed by atoms with Gasteiger partial charge in [-0.15, -0.1) is 13.2 Å². The van der Waals surface area contributed by atoms with Crippen LogP contribution in [0.5, 0.6) is 17.2 Å². The first-order valence-electron chi connectivity index (χ1n) is 14.6. The van der Waals surface area contributed by atoms with Gasteiger partial charge in [-0.3, -0.25) is 14.5 Å². The van der Waals surface area contributed by atoms with E-state index in [9.17, 15) is 22.8 Å². The van der Waals surface area contributed by atoms with Crippen molar-refractivity contribution in [1.29, 1.82) is 0 Å². The Morgan fingerprint density at radius 1 is 0.935 bits per heavy atom. The van der Waals surface area contributed by atoms with Gasteiger partial charge < -0.3 is 24.4 Å². The molecular weight excluding hydrogens is 615 g/mol. The molecule has 2 fully saturated rings. The van der Waals surface area contributed by atoms with Crippen LogP contribution in [0.25, 0.3) is 0 Å². The SMILES string of the molecule is COc1cc(C2CCN(C)CC2)nc(N2C(=O)[C@@H](NC(=O)c3ccc(OC(F)(F)F)cc3)[C@H](c3c(F)cc(OC)cc3F)[C@@H]2C)c1. The lowest BCUT2D eigenvalue weighted by Gasteiger charge is -2.30. The van der Waals surface area contributed by atoms with E-state index in [-0.39, 0.29) is 23.0 Å². The lowest BCUT2D eigenvalue weighted by molar-refractivity contribution is -0.274. The van der Waals surface area contributed by atoms with E-state index in [1.54, 1.807) is 19.1 Å². The summed E-state index contributed by atoms with van der Waals surface area (Å²) in [5, 5.41) is 2.56. The molecule has 2 aliphatic rings.